The molecule has 116 valence electrons. The number of nitrogens with two attached hydrogens (primary N) is 1. The fourth-order valence-electron chi connectivity index (χ4n) is 1.49. The number of aromatic nitrogens is 1. The zero-order valence-electron chi connectivity index (χ0n) is 11.8. The molecule has 0 amide bonds. The Kier molecular flexibility index (Phi) is 5.33. The van der Waals surface area contributed by atoms with Crippen LogP contribution >= 0.6 is 22.7 Å². The first-order valence-electron chi connectivity index (χ1n) is 6.41. The summed E-state index contributed by atoms with van der Waals surface area (Å²) in [6.45, 7) is 4.76. The summed E-state index contributed by atoms with van der Waals surface area (Å²) in [5.74, 6) is 0.245. The summed E-state index contributed by atoms with van der Waals surface area (Å²) in [4.78, 5) is 6.35. The van der Waals surface area contributed by atoms with Gasteiger partial charge in [0.15, 0.2) is 5.13 Å². The minimum atomic E-state index is -3.57. The smallest absolute Gasteiger partial charge is 0.300 e. The Hall–Kier alpha value is -1.00. The summed E-state index contributed by atoms with van der Waals surface area (Å²) in [7, 11) is -3.57. The quantitative estimate of drug-likeness (QED) is 0.716. The molecule has 0 saturated heterocycles. The molecule has 2 aromatic rings. The Morgan fingerprint density at radius 2 is 2.14 bits per heavy atom. The molecule has 2 heterocycles. The maximum atomic E-state index is 11.8. The van der Waals surface area contributed by atoms with Gasteiger partial charge >= 0.3 is 10.2 Å². The van der Waals surface area contributed by atoms with Crippen molar-refractivity contribution in [1.29, 1.82) is 0 Å². The number of anilines is 1. The molecule has 0 saturated carbocycles. The second-order valence-electron chi connectivity index (χ2n) is 4.86. The van der Waals surface area contributed by atoms with E-state index < -0.39 is 10.2 Å². The van der Waals surface area contributed by atoms with Crippen LogP contribution in [0.1, 0.15) is 18.7 Å². The van der Waals surface area contributed by atoms with Gasteiger partial charge < -0.3 is 5.73 Å². The molecule has 0 bridgehead atoms. The van der Waals surface area contributed by atoms with Crippen molar-refractivity contribution in [3.63, 3.8) is 0 Å². The lowest BCUT2D eigenvalue weighted by Crippen LogP contribution is -2.32. The van der Waals surface area contributed by atoms with Crippen LogP contribution < -0.4 is 15.2 Å². The lowest BCUT2D eigenvalue weighted by atomic mass is 10.2. The Morgan fingerprint density at radius 1 is 1.38 bits per heavy atom. The largest absolute Gasteiger partial charge is 0.326 e. The van der Waals surface area contributed by atoms with Crippen molar-refractivity contribution >= 4 is 38.0 Å². The van der Waals surface area contributed by atoms with Gasteiger partial charge in [-0.15, -0.1) is 22.7 Å². The van der Waals surface area contributed by atoms with Crippen molar-refractivity contribution in [1.82, 2.24) is 9.71 Å². The topological polar surface area (TPSA) is 97.1 Å². The molecule has 4 N–H and O–H groups in total. The molecule has 9 heteroatoms. The molecule has 2 rings (SSSR count). The van der Waals surface area contributed by atoms with E-state index in [1.807, 2.05) is 31.4 Å². The molecule has 0 fully saturated rings. The number of hydrogen-bond acceptors (Lipinski definition) is 6. The predicted octanol–water partition coefficient (Wildman–Crippen LogP) is 2.23. The van der Waals surface area contributed by atoms with E-state index in [1.54, 1.807) is 11.3 Å². The van der Waals surface area contributed by atoms with Crippen LogP contribution in [0.4, 0.5) is 5.13 Å². The number of thiophene rings is 1. The second-order valence-corrected chi connectivity index (χ2v) is 8.38. The standard InChI is InChI=1S/C12H18N4O2S3/c1-8(2)6-14-21(17,18)16-12-15-10(7-19-12)11-4-3-9(5-13)20-11/h3-4,7-8,14H,5-6,13H2,1-2H3,(H,15,16). The fourth-order valence-corrected chi connectivity index (χ4v) is 4.38. The molecule has 0 spiro atoms. The number of nitrogens with zero attached hydrogens (tertiary/aromatic N) is 1. The first-order chi connectivity index (χ1) is 9.89. The van der Waals surface area contributed by atoms with E-state index in [0.29, 0.717) is 18.2 Å². The fraction of sp³-hybridized carbons (Fsp3) is 0.417. The van der Waals surface area contributed by atoms with Crippen molar-refractivity contribution in [3.05, 3.63) is 22.4 Å². The summed E-state index contributed by atoms with van der Waals surface area (Å²) < 4.78 is 28.6. The van der Waals surface area contributed by atoms with Crippen molar-refractivity contribution in [2.24, 2.45) is 11.7 Å². The van der Waals surface area contributed by atoms with Crippen LogP contribution in [0.25, 0.3) is 10.6 Å². The van der Waals surface area contributed by atoms with E-state index >= 15 is 0 Å². The third kappa shape index (κ3) is 4.75. The Balaban J connectivity index is 2.06. The monoisotopic (exact) mass is 346 g/mol. The Labute approximate surface area is 132 Å². The molecule has 0 atom stereocenters. The van der Waals surface area contributed by atoms with Gasteiger partial charge in [0.2, 0.25) is 0 Å². The third-order valence-corrected chi connectivity index (χ3v) is 5.55. The summed E-state index contributed by atoms with van der Waals surface area (Å²) in [5.41, 5.74) is 6.34. The predicted molar refractivity (Wildman–Crippen MR) is 88.7 cm³/mol. The average Bonchev–Trinajstić information content (AvgIpc) is 3.04. The number of hydrogen-bond donors (Lipinski definition) is 3. The summed E-state index contributed by atoms with van der Waals surface area (Å²) >= 11 is 2.81. The van der Waals surface area contributed by atoms with E-state index in [0.717, 1.165) is 15.4 Å². The van der Waals surface area contributed by atoms with Crippen LogP contribution in [0, 0.1) is 5.92 Å². The van der Waals surface area contributed by atoms with E-state index in [2.05, 4.69) is 14.4 Å². The maximum absolute atomic E-state index is 11.8. The number of thiazole rings is 1. The van der Waals surface area contributed by atoms with Gasteiger partial charge in [0.25, 0.3) is 0 Å². The van der Waals surface area contributed by atoms with Crippen LogP contribution in [0.2, 0.25) is 0 Å². The average molecular weight is 347 g/mol. The van der Waals surface area contributed by atoms with Crippen LogP contribution in [-0.2, 0) is 16.8 Å². The van der Waals surface area contributed by atoms with Crippen molar-refractivity contribution in [2.45, 2.75) is 20.4 Å². The molecule has 0 aliphatic heterocycles. The molecular formula is C12H18N4O2S3. The van der Waals surface area contributed by atoms with Gasteiger partial charge in [0.1, 0.15) is 0 Å². The summed E-state index contributed by atoms with van der Waals surface area (Å²) in [6, 6.07) is 3.89. The minimum absolute atomic E-state index is 0.245. The first kappa shape index (κ1) is 16.4. The van der Waals surface area contributed by atoms with E-state index in [1.165, 1.54) is 11.3 Å². The molecule has 0 aliphatic rings. The summed E-state index contributed by atoms with van der Waals surface area (Å²) in [6.07, 6.45) is 0. The Morgan fingerprint density at radius 3 is 2.76 bits per heavy atom. The molecule has 0 aliphatic carbocycles. The highest BCUT2D eigenvalue weighted by Crippen LogP contribution is 2.30. The van der Waals surface area contributed by atoms with E-state index in [4.69, 9.17) is 5.73 Å². The molecular weight excluding hydrogens is 328 g/mol. The zero-order valence-corrected chi connectivity index (χ0v) is 14.2. The van der Waals surface area contributed by atoms with Gasteiger partial charge in [0, 0.05) is 23.3 Å². The highest BCUT2D eigenvalue weighted by Gasteiger charge is 2.14. The molecule has 0 unspecified atom stereocenters. The van der Waals surface area contributed by atoms with E-state index in [-0.39, 0.29) is 5.92 Å². The van der Waals surface area contributed by atoms with Crippen LogP contribution in [0.15, 0.2) is 17.5 Å². The van der Waals surface area contributed by atoms with Gasteiger partial charge in [0.05, 0.1) is 10.6 Å². The van der Waals surface area contributed by atoms with Gasteiger partial charge in [-0.05, 0) is 18.1 Å². The van der Waals surface area contributed by atoms with Crippen LogP contribution in [-0.4, -0.2) is 19.9 Å². The minimum Gasteiger partial charge on any atom is -0.326 e. The van der Waals surface area contributed by atoms with Crippen molar-refractivity contribution in [3.8, 4) is 10.6 Å². The van der Waals surface area contributed by atoms with Gasteiger partial charge in [-0.25, -0.2) is 9.71 Å². The highest BCUT2D eigenvalue weighted by molar-refractivity contribution is 7.91. The molecule has 6 nitrogen and oxygen atoms in total. The summed E-state index contributed by atoms with van der Waals surface area (Å²) in [5, 5.41) is 2.18. The zero-order chi connectivity index (χ0) is 15.5. The normalized spacial score (nSPS) is 12.0. The number of rotatable bonds is 7. The van der Waals surface area contributed by atoms with Crippen molar-refractivity contribution in [2.75, 3.05) is 11.3 Å². The van der Waals surface area contributed by atoms with Crippen LogP contribution in [0.5, 0.6) is 0 Å². The maximum Gasteiger partial charge on any atom is 0.300 e. The first-order valence-corrected chi connectivity index (χ1v) is 9.59. The van der Waals surface area contributed by atoms with Gasteiger partial charge in [-0.1, -0.05) is 13.8 Å². The van der Waals surface area contributed by atoms with Crippen LogP contribution in [0.3, 0.4) is 0 Å². The number of nitrogens with one attached hydrogen (secondary N) is 2. The lowest BCUT2D eigenvalue weighted by Gasteiger charge is -2.08. The molecule has 2 aromatic heterocycles. The lowest BCUT2D eigenvalue weighted by molar-refractivity contribution is 0.565. The van der Waals surface area contributed by atoms with E-state index in [9.17, 15) is 8.42 Å². The van der Waals surface area contributed by atoms with Crippen molar-refractivity contribution < 1.29 is 8.42 Å². The highest BCUT2D eigenvalue weighted by atomic mass is 32.2. The van der Waals surface area contributed by atoms with Gasteiger partial charge in [-0.2, -0.15) is 13.1 Å². The Bertz CT molecular complexity index is 691. The SMILES string of the molecule is CC(C)CNS(=O)(=O)Nc1nc(-c2ccc(CN)s2)cs1. The second kappa shape index (κ2) is 6.84. The third-order valence-electron chi connectivity index (χ3n) is 2.52. The molecule has 0 radical (unpaired) electrons. The molecule has 0 aromatic carbocycles. The van der Waals surface area contributed by atoms with Gasteiger partial charge in [-0.3, -0.25) is 0 Å². The molecule has 21 heavy (non-hydrogen) atoms.